The van der Waals surface area contributed by atoms with Crippen LogP contribution in [0.3, 0.4) is 0 Å². The first-order valence-corrected chi connectivity index (χ1v) is 2.00. The van der Waals surface area contributed by atoms with Crippen LogP contribution in [0.2, 0.25) is 0 Å². The second kappa shape index (κ2) is 6.99. The molecule has 0 atom stereocenters. The van der Waals surface area contributed by atoms with E-state index in [1.54, 1.807) is 0 Å². The Morgan fingerprint density at radius 1 is 0.625 bits per heavy atom. The fraction of sp³-hybridized carbons (Fsp3) is 0. The Bertz CT molecular complexity index is 87.7. The van der Waals surface area contributed by atoms with E-state index < -0.39 is 0 Å². The van der Waals surface area contributed by atoms with Crippen molar-refractivity contribution >= 4 is 29.0 Å². The van der Waals surface area contributed by atoms with Crippen LogP contribution in [0, 0.1) is 0 Å². The second-order valence-electron chi connectivity index (χ2n) is 1.15. The summed E-state index contributed by atoms with van der Waals surface area (Å²) in [4.78, 5) is 0. The minimum Gasteiger partial charge on any atom is -0.0623 e. The molecule has 1 rings (SSSR count). The average Bonchev–Trinajstić information content (AvgIpc) is 1.72. The van der Waals surface area contributed by atoms with Crippen LogP contribution in [0.15, 0.2) is 36.4 Å². The van der Waals surface area contributed by atoms with Crippen LogP contribution in [0.5, 0.6) is 0 Å². The topological polar surface area (TPSA) is 0 Å². The van der Waals surface area contributed by atoms with E-state index in [2.05, 4.69) is 0 Å². The van der Waals surface area contributed by atoms with Crippen molar-refractivity contribution in [1.29, 1.82) is 0 Å². The molecule has 0 unspecified atom stereocenters. The fourth-order valence-electron chi connectivity index (χ4n) is 0.385. The molecule has 40 valence electrons. The van der Waals surface area contributed by atoms with Crippen LogP contribution in [0.4, 0.5) is 0 Å². The number of hydrogen-bond acceptors (Lipinski definition) is 0. The molecule has 2 heteroatoms. The predicted octanol–water partition coefficient (Wildman–Crippen LogP) is 0.614. The molecule has 0 spiro atoms. The van der Waals surface area contributed by atoms with Gasteiger partial charge in [-0.05, 0) is 0 Å². The molecule has 0 heterocycles. The van der Waals surface area contributed by atoms with Gasteiger partial charge in [0, 0.05) is 2.85 Å². The van der Waals surface area contributed by atoms with E-state index in [1.165, 1.54) is 0 Å². The Kier molecular flexibility index (Phi) is 9.50. The molecule has 0 fully saturated rings. The largest absolute Gasteiger partial charge is 0.0623 e. The van der Waals surface area contributed by atoms with Crippen molar-refractivity contribution in [2.45, 2.75) is 0 Å². The minimum absolute atomic E-state index is 0. The standard InChI is InChI=1S/C6H6.Be.Li.2H2.3H/c1-2-4-6-5-3-1;;;;;;;/h1-6H;;;2*1H;;;. The van der Waals surface area contributed by atoms with Gasteiger partial charge in [-0.2, -0.15) is 0 Å². The molecule has 0 aliphatic carbocycles. The van der Waals surface area contributed by atoms with Crippen LogP contribution in [0.1, 0.15) is 2.85 Å². The molecule has 0 saturated heterocycles. The van der Waals surface area contributed by atoms with Crippen molar-refractivity contribution in [2.75, 3.05) is 0 Å². The Labute approximate surface area is 68.7 Å². The summed E-state index contributed by atoms with van der Waals surface area (Å²) in [6, 6.07) is 12.0. The smallest absolute Gasteiger partial charge is 0.0623 e. The molecule has 0 amide bonds. The van der Waals surface area contributed by atoms with Gasteiger partial charge in [0.2, 0.25) is 0 Å². The predicted molar refractivity (Wildman–Crippen MR) is 46.4 cm³/mol. The van der Waals surface area contributed by atoms with Gasteiger partial charge in [-0.3, -0.25) is 0 Å². The van der Waals surface area contributed by atoms with Crippen LogP contribution < -0.4 is 0 Å². The van der Waals surface area contributed by atoms with Gasteiger partial charge in [-0.25, -0.2) is 0 Å². The summed E-state index contributed by atoms with van der Waals surface area (Å²) in [5, 5.41) is 0. The molecule has 0 N–H and O–H groups in total. The molecule has 0 bridgehead atoms. The van der Waals surface area contributed by atoms with Gasteiger partial charge in [0.15, 0.2) is 0 Å². The summed E-state index contributed by atoms with van der Waals surface area (Å²) in [6.07, 6.45) is 0. The molecular weight excluding hydrogens is 88.0 g/mol. The van der Waals surface area contributed by atoms with Crippen molar-refractivity contribution < 1.29 is 2.85 Å². The van der Waals surface area contributed by atoms with Crippen molar-refractivity contribution in [3.05, 3.63) is 36.4 Å². The summed E-state index contributed by atoms with van der Waals surface area (Å²) in [6.45, 7) is 0. The van der Waals surface area contributed by atoms with Gasteiger partial charge in [0.25, 0.3) is 0 Å². The van der Waals surface area contributed by atoms with Gasteiger partial charge in [0.05, 0.1) is 0 Å². The third kappa shape index (κ3) is 4.15. The number of hydrogen-bond donors (Lipinski definition) is 0. The zero-order valence-corrected chi connectivity index (χ0v) is 3.46. The number of rotatable bonds is 0. The second-order valence-corrected chi connectivity index (χ2v) is 1.15. The van der Waals surface area contributed by atoms with Gasteiger partial charge < -0.3 is 0 Å². The minimum atomic E-state index is 0. The van der Waals surface area contributed by atoms with Crippen molar-refractivity contribution in [1.82, 2.24) is 0 Å². The first-order chi connectivity index (χ1) is 3.00. The Morgan fingerprint density at radius 3 is 0.875 bits per heavy atom. The average molecular weight is 101 g/mol. The maximum Gasteiger partial charge on any atom is -0.0623 e. The first kappa shape index (κ1) is 10.9. The monoisotopic (exact) mass is 101 g/mol. The molecule has 0 aliphatic rings. The van der Waals surface area contributed by atoms with E-state index in [0.29, 0.717) is 0 Å². The molecule has 8 heavy (non-hydrogen) atoms. The van der Waals surface area contributed by atoms with Gasteiger partial charge in [-0.15, -0.1) is 0 Å². The molecule has 1 aromatic carbocycles. The maximum atomic E-state index is 2.00. The van der Waals surface area contributed by atoms with Crippen molar-refractivity contribution in [2.24, 2.45) is 0 Å². The van der Waals surface area contributed by atoms with Crippen LogP contribution in [0.25, 0.3) is 0 Å². The maximum absolute atomic E-state index is 2.00. The summed E-state index contributed by atoms with van der Waals surface area (Å²) < 4.78 is 0. The third-order valence-corrected chi connectivity index (χ3v) is 0.667. The molecule has 0 saturated carbocycles. The molecule has 0 radical (unpaired) electrons. The van der Waals surface area contributed by atoms with E-state index in [0.717, 1.165) is 0 Å². The quantitative estimate of drug-likeness (QED) is 0.420. The van der Waals surface area contributed by atoms with E-state index in [-0.39, 0.29) is 31.8 Å². The van der Waals surface area contributed by atoms with E-state index >= 15 is 0 Å². The normalized spacial score (nSPS) is 6.00. The van der Waals surface area contributed by atoms with Gasteiger partial charge >= 0.3 is 29.0 Å². The van der Waals surface area contributed by atoms with Gasteiger partial charge in [-0.1, -0.05) is 36.4 Å². The third-order valence-electron chi connectivity index (χ3n) is 0.667. The zero-order chi connectivity index (χ0) is 4.24. The summed E-state index contributed by atoms with van der Waals surface area (Å²) in [5.74, 6) is 0. The van der Waals surface area contributed by atoms with Crippen LogP contribution >= 0.6 is 0 Å². The Balaban J connectivity index is -0.0000000450. The van der Waals surface area contributed by atoms with Crippen molar-refractivity contribution in [3.8, 4) is 0 Å². The van der Waals surface area contributed by atoms with Crippen LogP contribution in [-0.4, -0.2) is 29.0 Å². The van der Waals surface area contributed by atoms with Crippen molar-refractivity contribution in [3.63, 3.8) is 0 Å². The SMILES string of the molecule is [BeH2].[HH].[HH].[LiH].c1ccccc1. The first-order valence-electron chi connectivity index (χ1n) is 2.00. The van der Waals surface area contributed by atoms with E-state index in [9.17, 15) is 0 Å². The van der Waals surface area contributed by atoms with Crippen LogP contribution in [-0.2, 0) is 0 Å². The molecule has 1 aromatic rings. The number of benzene rings is 1. The van der Waals surface area contributed by atoms with E-state index in [1.807, 2.05) is 36.4 Å². The Morgan fingerprint density at radius 2 is 0.750 bits per heavy atom. The Hall–Kier alpha value is -0.0138. The molecule has 0 aromatic heterocycles. The zero-order valence-electron chi connectivity index (χ0n) is 3.46. The molecular formula is C6H13BeLi. The molecule has 0 aliphatic heterocycles. The van der Waals surface area contributed by atoms with Gasteiger partial charge in [0.1, 0.15) is 0 Å². The fourth-order valence-corrected chi connectivity index (χ4v) is 0.385. The molecule has 0 nitrogen and oxygen atoms in total. The van der Waals surface area contributed by atoms with E-state index in [4.69, 9.17) is 0 Å². The summed E-state index contributed by atoms with van der Waals surface area (Å²) in [5.41, 5.74) is 0. The summed E-state index contributed by atoms with van der Waals surface area (Å²) in [7, 11) is 0. The summed E-state index contributed by atoms with van der Waals surface area (Å²) >= 11 is 0.